The van der Waals surface area contributed by atoms with Crippen LogP contribution in [0.25, 0.3) is 33.5 Å². The molecule has 0 radical (unpaired) electrons. The molecule has 11 nitrogen and oxygen atoms in total. The summed E-state index contributed by atoms with van der Waals surface area (Å²) in [5.41, 5.74) is 5.61. The average Bonchev–Trinajstić information content (AvgIpc) is 3.44. The van der Waals surface area contributed by atoms with Crippen LogP contribution < -0.4 is 15.8 Å². The van der Waals surface area contributed by atoms with Crippen molar-refractivity contribution in [2.45, 2.75) is 6.92 Å². The number of morpholine rings is 1. The fourth-order valence-corrected chi connectivity index (χ4v) is 4.47. The molecule has 6 rings (SSSR count). The van der Waals surface area contributed by atoms with E-state index in [4.69, 9.17) is 9.72 Å². The summed E-state index contributed by atoms with van der Waals surface area (Å²) in [4.78, 5) is 35.2. The number of ether oxygens (including phenoxy) is 1. The molecule has 3 N–H and O–H groups in total. The number of hydrogen-bond acceptors (Lipinski definition) is 8. The largest absolute Gasteiger partial charge is 0.378 e. The number of benzene rings is 1. The summed E-state index contributed by atoms with van der Waals surface area (Å²) in [7, 11) is 1.80. The predicted molar refractivity (Wildman–Crippen MR) is 130 cm³/mol. The lowest BCUT2D eigenvalue weighted by atomic mass is 10.1. The molecule has 0 spiro atoms. The van der Waals surface area contributed by atoms with Gasteiger partial charge in [-0.05, 0) is 25.1 Å². The summed E-state index contributed by atoms with van der Waals surface area (Å²) in [6, 6.07) is 5.83. The summed E-state index contributed by atoms with van der Waals surface area (Å²) in [5.74, 6) is 0.813. The van der Waals surface area contributed by atoms with Crippen molar-refractivity contribution in [2.75, 3.05) is 36.5 Å². The van der Waals surface area contributed by atoms with E-state index in [9.17, 15) is 4.79 Å². The molecular formula is C23H23N9O2. The minimum absolute atomic E-state index is 0.288. The molecule has 34 heavy (non-hydrogen) atoms. The first-order chi connectivity index (χ1) is 16.6. The molecule has 0 amide bonds. The predicted octanol–water partition coefficient (Wildman–Crippen LogP) is 2.48. The highest BCUT2D eigenvalue weighted by Gasteiger charge is 2.22. The molecule has 1 saturated heterocycles. The molecule has 1 fully saturated rings. The van der Waals surface area contributed by atoms with Gasteiger partial charge in [0.05, 0.1) is 35.5 Å². The summed E-state index contributed by atoms with van der Waals surface area (Å²) < 4.78 is 7.15. The van der Waals surface area contributed by atoms with Crippen LogP contribution >= 0.6 is 0 Å². The van der Waals surface area contributed by atoms with Crippen LogP contribution in [0.1, 0.15) is 5.56 Å². The van der Waals surface area contributed by atoms with Gasteiger partial charge in [-0.3, -0.25) is 9.48 Å². The zero-order valence-electron chi connectivity index (χ0n) is 18.8. The van der Waals surface area contributed by atoms with Gasteiger partial charge in [0.1, 0.15) is 16.9 Å². The SMILES string of the molecule is Cc1c(N2CCOCC2)ccc2[nH]c(-c3c(Nc4ncccn4)c4nn(C)cc4[nH]c3=O)nc12. The molecule has 1 aliphatic rings. The lowest BCUT2D eigenvalue weighted by molar-refractivity contribution is 0.122. The van der Waals surface area contributed by atoms with Crippen molar-refractivity contribution in [3.63, 3.8) is 0 Å². The van der Waals surface area contributed by atoms with Crippen LogP contribution in [-0.2, 0) is 11.8 Å². The first kappa shape index (κ1) is 20.4. The van der Waals surface area contributed by atoms with Gasteiger partial charge >= 0.3 is 0 Å². The van der Waals surface area contributed by atoms with E-state index in [0.29, 0.717) is 47.3 Å². The Hall–Kier alpha value is -4.25. The molecule has 5 aromatic rings. The highest BCUT2D eigenvalue weighted by Crippen LogP contribution is 2.34. The number of aryl methyl sites for hydroxylation is 2. The number of hydrogen-bond donors (Lipinski definition) is 3. The molecule has 5 heterocycles. The Morgan fingerprint density at radius 2 is 1.85 bits per heavy atom. The molecule has 0 atom stereocenters. The van der Waals surface area contributed by atoms with E-state index in [2.05, 4.69) is 48.2 Å². The van der Waals surface area contributed by atoms with Crippen molar-refractivity contribution < 1.29 is 4.74 Å². The Kier molecular flexibility index (Phi) is 4.77. The minimum atomic E-state index is -0.288. The fraction of sp³-hybridized carbons (Fsp3) is 0.261. The third-order valence-electron chi connectivity index (χ3n) is 6.06. The highest BCUT2D eigenvalue weighted by atomic mass is 16.5. The van der Waals surface area contributed by atoms with Gasteiger partial charge in [0.15, 0.2) is 0 Å². The molecule has 1 aromatic carbocycles. The van der Waals surface area contributed by atoms with Gasteiger partial charge in [-0.2, -0.15) is 5.10 Å². The normalized spacial score (nSPS) is 14.2. The van der Waals surface area contributed by atoms with Gasteiger partial charge < -0.3 is 24.9 Å². The van der Waals surface area contributed by atoms with Gasteiger partial charge in [-0.25, -0.2) is 15.0 Å². The van der Waals surface area contributed by atoms with E-state index in [1.54, 1.807) is 36.4 Å². The standard InChI is InChI=1S/C23H23N9O2/c1-13-16(32-8-10-34-11-9-32)5-4-14-18(13)28-21(26-14)17-20(29-23-24-6-3-7-25-23)19-15(27-22(17)33)12-31(2)30-19/h3-7,12H,8-11H2,1-2H3,(H,26,28)(H,27,33)(H,24,25,29). The molecule has 0 unspecified atom stereocenters. The minimum Gasteiger partial charge on any atom is -0.378 e. The van der Waals surface area contributed by atoms with Crippen LogP contribution in [0.4, 0.5) is 17.3 Å². The third kappa shape index (κ3) is 3.37. The van der Waals surface area contributed by atoms with Crippen molar-refractivity contribution in [3.8, 4) is 11.4 Å². The number of fused-ring (bicyclic) bond motifs is 2. The van der Waals surface area contributed by atoms with Gasteiger partial charge in [0, 0.05) is 50.0 Å². The van der Waals surface area contributed by atoms with Crippen LogP contribution in [0.15, 0.2) is 41.6 Å². The maximum atomic E-state index is 13.3. The first-order valence-electron chi connectivity index (χ1n) is 11.0. The Bertz CT molecular complexity index is 1560. The van der Waals surface area contributed by atoms with Gasteiger partial charge in [-0.15, -0.1) is 0 Å². The van der Waals surface area contributed by atoms with Crippen LogP contribution in [0.5, 0.6) is 0 Å². The number of anilines is 3. The molecule has 11 heteroatoms. The molecule has 1 aliphatic heterocycles. The van der Waals surface area contributed by atoms with Crippen LogP contribution in [-0.4, -0.2) is 61.0 Å². The summed E-state index contributed by atoms with van der Waals surface area (Å²) in [6.07, 6.45) is 5.03. The third-order valence-corrected chi connectivity index (χ3v) is 6.06. The highest BCUT2D eigenvalue weighted by molar-refractivity contribution is 5.98. The van der Waals surface area contributed by atoms with Gasteiger partial charge in [0.2, 0.25) is 5.95 Å². The number of imidazole rings is 1. The molecule has 0 aliphatic carbocycles. The number of nitrogens with one attached hydrogen (secondary N) is 3. The lowest BCUT2D eigenvalue weighted by Gasteiger charge is -2.30. The second-order valence-corrected chi connectivity index (χ2v) is 8.26. The van der Waals surface area contributed by atoms with Crippen LogP contribution in [0.2, 0.25) is 0 Å². The fourth-order valence-electron chi connectivity index (χ4n) is 4.47. The van der Waals surface area contributed by atoms with Crippen molar-refractivity contribution in [2.24, 2.45) is 7.05 Å². The maximum absolute atomic E-state index is 13.3. The number of pyridine rings is 1. The zero-order valence-corrected chi connectivity index (χ0v) is 18.8. The Morgan fingerprint density at radius 3 is 2.65 bits per heavy atom. The first-order valence-corrected chi connectivity index (χ1v) is 11.0. The van der Waals surface area contributed by atoms with Crippen molar-refractivity contribution in [1.82, 2.24) is 34.7 Å². The van der Waals surface area contributed by atoms with Crippen molar-refractivity contribution in [3.05, 3.63) is 52.7 Å². The number of rotatable bonds is 4. The summed E-state index contributed by atoms with van der Waals surface area (Å²) in [5, 5.41) is 7.74. The van der Waals surface area contributed by atoms with E-state index >= 15 is 0 Å². The molecule has 0 saturated carbocycles. The lowest BCUT2D eigenvalue weighted by Crippen LogP contribution is -2.36. The quantitative estimate of drug-likeness (QED) is 0.375. The topological polar surface area (TPSA) is 130 Å². The zero-order chi connectivity index (χ0) is 23.2. The van der Waals surface area contributed by atoms with E-state index in [-0.39, 0.29) is 5.56 Å². The second-order valence-electron chi connectivity index (χ2n) is 8.26. The number of nitrogens with zero attached hydrogens (tertiary/aromatic N) is 6. The van der Waals surface area contributed by atoms with Gasteiger partial charge in [0.25, 0.3) is 5.56 Å². The van der Waals surface area contributed by atoms with E-state index < -0.39 is 0 Å². The van der Waals surface area contributed by atoms with E-state index in [0.717, 1.165) is 35.4 Å². The Morgan fingerprint density at radius 1 is 1.06 bits per heavy atom. The monoisotopic (exact) mass is 457 g/mol. The molecule has 172 valence electrons. The van der Waals surface area contributed by atoms with Crippen molar-refractivity contribution >= 4 is 39.4 Å². The van der Waals surface area contributed by atoms with E-state index in [1.165, 1.54) is 0 Å². The van der Waals surface area contributed by atoms with Crippen molar-refractivity contribution in [1.29, 1.82) is 0 Å². The molecule has 4 aromatic heterocycles. The molecular weight excluding hydrogens is 434 g/mol. The number of aromatic nitrogens is 7. The Balaban J connectivity index is 1.53. The second kappa shape index (κ2) is 7.96. The Labute approximate surface area is 193 Å². The number of aromatic amines is 2. The maximum Gasteiger partial charge on any atom is 0.261 e. The van der Waals surface area contributed by atoms with Gasteiger partial charge in [-0.1, -0.05) is 0 Å². The summed E-state index contributed by atoms with van der Waals surface area (Å²) in [6.45, 7) is 5.15. The molecule has 0 bridgehead atoms. The number of H-pyrrole nitrogens is 2. The van der Waals surface area contributed by atoms with E-state index in [1.807, 2.05) is 6.07 Å². The smallest absolute Gasteiger partial charge is 0.261 e. The van der Waals surface area contributed by atoms with Crippen LogP contribution in [0, 0.1) is 6.92 Å². The summed E-state index contributed by atoms with van der Waals surface area (Å²) >= 11 is 0. The van der Waals surface area contributed by atoms with Crippen LogP contribution in [0.3, 0.4) is 0 Å². The average molecular weight is 457 g/mol.